The Morgan fingerprint density at radius 3 is 2.59 bits per heavy atom. The quantitative estimate of drug-likeness (QED) is 0.460. The molecule has 0 N–H and O–H groups in total. The van der Waals surface area contributed by atoms with Crippen molar-refractivity contribution < 1.29 is 18.7 Å². The first-order valence-corrected chi connectivity index (χ1v) is 5.14. The number of hydrogen-bond acceptors (Lipinski definition) is 4. The number of hydrogen-bond donors (Lipinski definition) is 0. The maximum Gasteiger partial charge on any atom is 0.314 e. The van der Waals surface area contributed by atoms with E-state index in [9.17, 15) is 14.0 Å². The molecule has 0 radical (unpaired) electrons. The van der Waals surface area contributed by atoms with E-state index in [1.807, 2.05) is 0 Å². The first-order chi connectivity index (χ1) is 7.79. The second kappa shape index (κ2) is 5.03. The summed E-state index contributed by atoms with van der Waals surface area (Å²) in [5, 5.41) is 0. The molecular formula is C12H14FNO3. The molecule has 0 saturated heterocycles. The number of pyridine rings is 1. The summed E-state index contributed by atoms with van der Waals surface area (Å²) in [4.78, 5) is 26.5. The lowest BCUT2D eigenvalue weighted by atomic mass is 10.1. The average Bonchev–Trinajstić information content (AvgIpc) is 2.14. The highest BCUT2D eigenvalue weighted by molar-refractivity contribution is 6.06. The number of ketones is 1. The molecule has 0 amide bonds. The third-order valence-corrected chi connectivity index (χ3v) is 1.80. The van der Waals surface area contributed by atoms with Crippen LogP contribution in [0.25, 0.3) is 0 Å². The lowest BCUT2D eigenvalue weighted by Gasteiger charge is -2.19. The average molecular weight is 239 g/mol. The van der Waals surface area contributed by atoms with Crippen molar-refractivity contribution in [3.05, 3.63) is 29.8 Å². The highest BCUT2D eigenvalue weighted by atomic mass is 19.1. The van der Waals surface area contributed by atoms with Gasteiger partial charge < -0.3 is 4.74 Å². The van der Waals surface area contributed by atoms with Crippen molar-refractivity contribution in [1.82, 2.24) is 4.98 Å². The highest BCUT2D eigenvalue weighted by Crippen LogP contribution is 2.12. The number of ether oxygens (including phenoxy) is 1. The first-order valence-electron chi connectivity index (χ1n) is 5.14. The van der Waals surface area contributed by atoms with E-state index in [1.165, 1.54) is 12.3 Å². The van der Waals surface area contributed by atoms with Crippen LogP contribution >= 0.6 is 0 Å². The number of nitrogens with zero attached hydrogens (tertiary/aromatic N) is 1. The van der Waals surface area contributed by atoms with Crippen LogP contribution in [0.2, 0.25) is 0 Å². The monoisotopic (exact) mass is 239 g/mol. The molecule has 0 aliphatic carbocycles. The highest BCUT2D eigenvalue weighted by Gasteiger charge is 2.21. The van der Waals surface area contributed by atoms with Crippen LogP contribution in [0.15, 0.2) is 18.5 Å². The largest absolute Gasteiger partial charge is 0.460 e. The van der Waals surface area contributed by atoms with Gasteiger partial charge in [0.2, 0.25) is 0 Å². The molecule has 0 saturated carbocycles. The van der Waals surface area contributed by atoms with Gasteiger partial charge in [-0.2, -0.15) is 0 Å². The van der Waals surface area contributed by atoms with Crippen LogP contribution in [0.5, 0.6) is 0 Å². The van der Waals surface area contributed by atoms with E-state index in [1.54, 1.807) is 20.8 Å². The zero-order chi connectivity index (χ0) is 13.1. The second-order valence-corrected chi connectivity index (χ2v) is 4.54. The minimum atomic E-state index is -0.735. The lowest BCUT2D eigenvalue weighted by Crippen LogP contribution is -2.25. The Bertz CT molecular complexity index is 438. The number of esters is 1. The van der Waals surface area contributed by atoms with Gasteiger partial charge in [-0.15, -0.1) is 0 Å². The summed E-state index contributed by atoms with van der Waals surface area (Å²) in [5.41, 5.74) is -0.806. The summed E-state index contributed by atoms with van der Waals surface area (Å²) < 4.78 is 18.2. The number of carbonyl (C=O) groups excluding carboxylic acids is 2. The van der Waals surface area contributed by atoms with Crippen molar-refractivity contribution in [1.29, 1.82) is 0 Å². The van der Waals surface area contributed by atoms with Gasteiger partial charge in [-0.1, -0.05) is 0 Å². The predicted octanol–water partition coefficient (Wildman–Crippen LogP) is 2.14. The number of Topliss-reactive ketones (excluding diaryl/α,β-unsaturated/α-hetero) is 1. The summed E-state index contributed by atoms with van der Waals surface area (Å²) in [6, 6.07) is 1.24. The van der Waals surface area contributed by atoms with Crippen molar-refractivity contribution in [2.24, 2.45) is 0 Å². The molecule has 1 aromatic rings. The molecule has 0 bridgehead atoms. The van der Waals surface area contributed by atoms with Gasteiger partial charge in [0.15, 0.2) is 11.6 Å². The lowest BCUT2D eigenvalue weighted by molar-refractivity contribution is -0.153. The van der Waals surface area contributed by atoms with Gasteiger partial charge in [-0.25, -0.2) is 4.39 Å². The van der Waals surface area contributed by atoms with Crippen LogP contribution in [0.3, 0.4) is 0 Å². The van der Waals surface area contributed by atoms with Gasteiger partial charge >= 0.3 is 5.97 Å². The van der Waals surface area contributed by atoms with Crippen molar-refractivity contribution in [2.75, 3.05) is 0 Å². The maximum absolute atomic E-state index is 13.2. The molecule has 0 spiro atoms. The van der Waals surface area contributed by atoms with Crippen molar-refractivity contribution in [2.45, 2.75) is 32.8 Å². The van der Waals surface area contributed by atoms with E-state index in [-0.39, 0.29) is 5.56 Å². The topological polar surface area (TPSA) is 56.3 Å². The normalized spacial score (nSPS) is 11.1. The van der Waals surface area contributed by atoms with Crippen LogP contribution in [0.4, 0.5) is 4.39 Å². The van der Waals surface area contributed by atoms with Gasteiger partial charge in [0, 0.05) is 6.20 Å². The van der Waals surface area contributed by atoms with Gasteiger partial charge in [0.05, 0.1) is 11.8 Å². The molecule has 17 heavy (non-hydrogen) atoms. The fraction of sp³-hybridized carbons (Fsp3) is 0.417. The molecule has 0 unspecified atom stereocenters. The minimum absolute atomic E-state index is 0.147. The molecule has 1 heterocycles. The molecule has 5 heteroatoms. The Kier molecular flexibility index (Phi) is 3.93. The SMILES string of the molecule is CC(C)(C)OC(=O)CC(=O)c1ccncc1F. The van der Waals surface area contributed by atoms with E-state index in [0.29, 0.717) is 0 Å². The number of carbonyl (C=O) groups is 2. The van der Waals surface area contributed by atoms with E-state index in [2.05, 4.69) is 4.98 Å². The molecule has 0 atom stereocenters. The predicted molar refractivity (Wildman–Crippen MR) is 59.0 cm³/mol. The Balaban J connectivity index is 2.68. The van der Waals surface area contributed by atoms with Crippen LogP contribution in [-0.2, 0) is 9.53 Å². The Hall–Kier alpha value is -1.78. The molecule has 0 aliphatic heterocycles. The molecule has 0 aliphatic rings. The van der Waals surface area contributed by atoms with Gasteiger partial charge in [0.1, 0.15) is 12.0 Å². The number of halogens is 1. The van der Waals surface area contributed by atoms with Crippen LogP contribution in [0.1, 0.15) is 37.6 Å². The minimum Gasteiger partial charge on any atom is -0.460 e. The van der Waals surface area contributed by atoms with Gasteiger partial charge in [-0.05, 0) is 26.8 Å². The Morgan fingerprint density at radius 1 is 1.41 bits per heavy atom. The van der Waals surface area contributed by atoms with E-state index in [4.69, 9.17) is 4.74 Å². The Morgan fingerprint density at radius 2 is 2.06 bits per heavy atom. The second-order valence-electron chi connectivity index (χ2n) is 4.54. The molecule has 4 nitrogen and oxygen atoms in total. The van der Waals surface area contributed by atoms with Crippen LogP contribution < -0.4 is 0 Å². The summed E-state index contributed by atoms with van der Waals surface area (Å²) in [5.74, 6) is -2.01. The molecule has 0 aromatic carbocycles. The van der Waals surface area contributed by atoms with Crippen LogP contribution in [0, 0.1) is 5.82 Å². The van der Waals surface area contributed by atoms with E-state index in [0.717, 1.165) is 6.20 Å². The fourth-order valence-corrected chi connectivity index (χ4v) is 1.21. The zero-order valence-electron chi connectivity index (χ0n) is 9.99. The van der Waals surface area contributed by atoms with Gasteiger partial charge in [-0.3, -0.25) is 14.6 Å². The van der Waals surface area contributed by atoms with Crippen molar-refractivity contribution in [3.63, 3.8) is 0 Å². The summed E-state index contributed by atoms with van der Waals surface area (Å²) in [6.45, 7) is 5.09. The molecule has 0 fully saturated rings. The summed E-state index contributed by atoms with van der Waals surface area (Å²) in [7, 11) is 0. The number of aromatic nitrogens is 1. The summed E-state index contributed by atoms with van der Waals surface area (Å²) in [6.07, 6.45) is 1.76. The Labute approximate surface area is 98.8 Å². The number of rotatable bonds is 3. The van der Waals surface area contributed by atoms with Crippen molar-refractivity contribution in [3.8, 4) is 0 Å². The van der Waals surface area contributed by atoms with Gasteiger partial charge in [0.25, 0.3) is 0 Å². The fourth-order valence-electron chi connectivity index (χ4n) is 1.21. The van der Waals surface area contributed by atoms with Crippen LogP contribution in [-0.4, -0.2) is 22.3 Å². The van der Waals surface area contributed by atoms with E-state index < -0.39 is 29.6 Å². The van der Waals surface area contributed by atoms with Crippen molar-refractivity contribution >= 4 is 11.8 Å². The standard InChI is InChI=1S/C12H14FNO3/c1-12(2,3)17-11(16)6-10(15)8-4-5-14-7-9(8)13/h4-5,7H,6H2,1-3H3. The smallest absolute Gasteiger partial charge is 0.314 e. The molecular weight excluding hydrogens is 225 g/mol. The van der Waals surface area contributed by atoms with E-state index >= 15 is 0 Å². The zero-order valence-corrected chi connectivity index (χ0v) is 9.99. The maximum atomic E-state index is 13.2. The molecule has 92 valence electrons. The molecule has 1 aromatic heterocycles. The third kappa shape index (κ3) is 4.30. The molecule has 1 rings (SSSR count). The summed E-state index contributed by atoms with van der Waals surface area (Å²) >= 11 is 0. The first kappa shape index (κ1) is 13.3. The third-order valence-electron chi connectivity index (χ3n) is 1.80.